The van der Waals surface area contributed by atoms with Crippen molar-refractivity contribution < 1.29 is 17.9 Å². The maximum absolute atomic E-state index is 12.8. The Labute approximate surface area is 132 Å². The summed E-state index contributed by atoms with van der Waals surface area (Å²) >= 11 is 0. The van der Waals surface area contributed by atoms with Gasteiger partial charge in [-0.2, -0.15) is 0 Å². The highest BCUT2D eigenvalue weighted by atomic mass is 32.2. The number of amides is 1. The molecule has 1 aromatic rings. The van der Waals surface area contributed by atoms with E-state index in [1.165, 1.54) is 7.05 Å². The quantitative estimate of drug-likeness (QED) is 0.855. The molecule has 0 saturated carbocycles. The summed E-state index contributed by atoms with van der Waals surface area (Å²) in [6.07, 6.45) is 0.659. The standard InChI is InChI=1S/C16H23NO4S/c1-10-8-11(2)15(12(3)9-10)22(19,20)17(5)16(18)14-7-6-13(4)21-14/h8-9,13-14H,6-7H2,1-5H3. The first-order valence-electron chi connectivity index (χ1n) is 7.40. The predicted molar refractivity (Wildman–Crippen MR) is 84.2 cm³/mol. The Hall–Kier alpha value is -1.40. The molecule has 5 nitrogen and oxygen atoms in total. The van der Waals surface area contributed by atoms with Crippen molar-refractivity contribution in [3.63, 3.8) is 0 Å². The van der Waals surface area contributed by atoms with Crippen LogP contribution < -0.4 is 0 Å². The van der Waals surface area contributed by atoms with Crippen molar-refractivity contribution in [2.45, 2.75) is 57.6 Å². The minimum absolute atomic E-state index is 0.00657. The van der Waals surface area contributed by atoms with Crippen molar-refractivity contribution in [3.05, 3.63) is 28.8 Å². The predicted octanol–water partition coefficient (Wildman–Crippen LogP) is 2.33. The van der Waals surface area contributed by atoms with Crippen LogP contribution in [-0.2, 0) is 19.6 Å². The molecule has 1 aliphatic heterocycles. The molecule has 6 heteroatoms. The Kier molecular flexibility index (Phi) is 4.63. The molecule has 1 fully saturated rings. The van der Waals surface area contributed by atoms with Gasteiger partial charge in [0.1, 0.15) is 6.10 Å². The molecule has 0 aromatic heterocycles. The molecule has 122 valence electrons. The van der Waals surface area contributed by atoms with Gasteiger partial charge in [-0.05, 0) is 51.7 Å². The first-order chi connectivity index (χ1) is 10.1. The lowest BCUT2D eigenvalue weighted by molar-refractivity contribution is -0.136. The highest BCUT2D eigenvalue weighted by molar-refractivity contribution is 7.89. The topological polar surface area (TPSA) is 63.7 Å². The van der Waals surface area contributed by atoms with E-state index < -0.39 is 22.0 Å². The van der Waals surface area contributed by atoms with Crippen molar-refractivity contribution in [1.29, 1.82) is 0 Å². The minimum atomic E-state index is -3.87. The summed E-state index contributed by atoms with van der Waals surface area (Å²) in [6.45, 7) is 7.30. The van der Waals surface area contributed by atoms with Gasteiger partial charge in [0, 0.05) is 7.05 Å². The summed E-state index contributed by atoms with van der Waals surface area (Å²) in [4.78, 5) is 12.6. The number of carbonyl (C=O) groups is 1. The average Bonchev–Trinajstić information content (AvgIpc) is 2.82. The van der Waals surface area contributed by atoms with Crippen molar-refractivity contribution in [2.75, 3.05) is 7.05 Å². The summed E-state index contributed by atoms with van der Waals surface area (Å²) in [6, 6.07) is 3.62. The first-order valence-corrected chi connectivity index (χ1v) is 8.84. The van der Waals surface area contributed by atoms with Crippen molar-refractivity contribution in [3.8, 4) is 0 Å². The maximum atomic E-state index is 12.8. The van der Waals surface area contributed by atoms with Crippen LogP contribution in [0, 0.1) is 20.8 Å². The van der Waals surface area contributed by atoms with Crippen LogP contribution in [-0.4, -0.2) is 37.9 Å². The van der Waals surface area contributed by atoms with Crippen LogP contribution >= 0.6 is 0 Å². The smallest absolute Gasteiger partial charge is 0.266 e. The lowest BCUT2D eigenvalue weighted by Crippen LogP contribution is -2.40. The van der Waals surface area contributed by atoms with E-state index in [0.29, 0.717) is 17.5 Å². The number of benzene rings is 1. The number of rotatable bonds is 3. The van der Waals surface area contributed by atoms with Crippen LogP contribution in [0.15, 0.2) is 17.0 Å². The van der Waals surface area contributed by atoms with Crippen LogP contribution in [0.4, 0.5) is 0 Å². The first kappa shape index (κ1) is 17.0. The normalized spacial score (nSPS) is 21.9. The van der Waals surface area contributed by atoms with Gasteiger partial charge in [-0.1, -0.05) is 17.7 Å². The van der Waals surface area contributed by atoms with E-state index in [1.807, 2.05) is 26.0 Å². The Morgan fingerprint density at radius 3 is 2.18 bits per heavy atom. The molecular formula is C16H23NO4S. The lowest BCUT2D eigenvalue weighted by atomic mass is 10.1. The molecule has 0 radical (unpaired) electrons. The Bertz CT molecular complexity index is 673. The van der Waals surface area contributed by atoms with E-state index in [-0.39, 0.29) is 11.0 Å². The number of likely N-dealkylation sites (N-methyl/N-ethyl adjacent to an activating group) is 1. The van der Waals surface area contributed by atoms with Gasteiger partial charge in [-0.15, -0.1) is 0 Å². The van der Waals surface area contributed by atoms with Gasteiger partial charge in [0.25, 0.3) is 15.9 Å². The molecule has 1 amide bonds. The summed E-state index contributed by atoms with van der Waals surface area (Å²) in [5.74, 6) is -0.497. The third-order valence-electron chi connectivity index (χ3n) is 4.04. The van der Waals surface area contributed by atoms with Crippen molar-refractivity contribution in [2.24, 2.45) is 0 Å². The fourth-order valence-electron chi connectivity index (χ4n) is 3.02. The third-order valence-corrected chi connectivity index (χ3v) is 6.10. The van der Waals surface area contributed by atoms with E-state index in [9.17, 15) is 13.2 Å². The Morgan fingerprint density at radius 2 is 1.73 bits per heavy atom. The highest BCUT2D eigenvalue weighted by Crippen LogP contribution is 2.27. The van der Waals surface area contributed by atoms with Gasteiger partial charge >= 0.3 is 0 Å². The van der Waals surface area contributed by atoms with Crippen LogP contribution in [0.3, 0.4) is 0 Å². The number of carbonyl (C=O) groups excluding carboxylic acids is 1. The van der Waals surface area contributed by atoms with Crippen LogP contribution in [0.1, 0.15) is 36.5 Å². The molecule has 2 atom stereocenters. The molecule has 1 heterocycles. The van der Waals surface area contributed by atoms with Crippen molar-refractivity contribution >= 4 is 15.9 Å². The van der Waals surface area contributed by atoms with Crippen LogP contribution in [0.5, 0.6) is 0 Å². The second-order valence-corrected chi connectivity index (χ2v) is 7.96. The molecule has 1 saturated heterocycles. The van der Waals surface area contributed by atoms with E-state index >= 15 is 0 Å². The molecule has 2 unspecified atom stereocenters. The largest absolute Gasteiger partial charge is 0.365 e. The molecule has 0 N–H and O–H groups in total. The summed E-state index contributed by atoms with van der Waals surface area (Å²) < 4.78 is 32.0. The summed E-state index contributed by atoms with van der Waals surface area (Å²) in [7, 11) is -2.56. The number of hydrogen-bond donors (Lipinski definition) is 0. The average molecular weight is 325 g/mol. The van der Waals surface area contributed by atoms with Gasteiger partial charge in [-0.25, -0.2) is 12.7 Å². The van der Waals surface area contributed by atoms with Gasteiger partial charge in [0.05, 0.1) is 11.0 Å². The molecular weight excluding hydrogens is 302 g/mol. The number of hydrogen-bond acceptors (Lipinski definition) is 4. The van der Waals surface area contributed by atoms with E-state index in [1.54, 1.807) is 13.8 Å². The number of aryl methyl sites for hydroxylation is 3. The van der Waals surface area contributed by atoms with Gasteiger partial charge in [0.15, 0.2) is 0 Å². The molecule has 1 aromatic carbocycles. The fraction of sp³-hybridized carbons (Fsp3) is 0.562. The van der Waals surface area contributed by atoms with E-state index in [4.69, 9.17) is 4.74 Å². The summed E-state index contributed by atoms with van der Waals surface area (Å²) in [5, 5.41) is 0. The SMILES string of the molecule is Cc1cc(C)c(S(=O)(=O)N(C)C(=O)C2CCC(C)O2)c(C)c1. The number of sulfonamides is 1. The molecule has 2 rings (SSSR count). The Morgan fingerprint density at radius 1 is 1.18 bits per heavy atom. The molecule has 0 spiro atoms. The summed E-state index contributed by atoms with van der Waals surface area (Å²) in [5.41, 5.74) is 2.30. The molecule has 0 bridgehead atoms. The highest BCUT2D eigenvalue weighted by Gasteiger charge is 2.36. The number of ether oxygens (including phenoxy) is 1. The van der Waals surface area contributed by atoms with Gasteiger partial charge in [-0.3, -0.25) is 4.79 Å². The van der Waals surface area contributed by atoms with Crippen LogP contribution in [0.2, 0.25) is 0 Å². The van der Waals surface area contributed by atoms with E-state index in [0.717, 1.165) is 16.3 Å². The zero-order valence-electron chi connectivity index (χ0n) is 13.7. The van der Waals surface area contributed by atoms with Crippen molar-refractivity contribution in [1.82, 2.24) is 4.31 Å². The second-order valence-electron chi connectivity index (χ2n) is 6.05. The fourth-order valence-corrected chi connectivity index (χ4v) is 4.58. The third kappa shape index (κ3) is 3.03. The zero-order chi connectivity index (χ0) is 16.7. The van der Waals surface area contributed by atoms with Gasteiger partial charge < -0.3 is 4.74 Å². The molecule has 0 aliphatic carbocycles. The monoisotopic (exact) mass is 325 g/mol. The zero-order valence-corrected chi connectivity index (χ0v) is 14.5. The molecule has 1 aliphatic rings. The second kappa shape index (κ2) is 6.01. The Balaban J connectivity index is 2.36. The number of nitrogens with zero attached hydrogens (tertiary/aromatic N) is 1. The molecule has 22 heavy (non-hydrogen) atoms. The lowest BCUT2D eigenvalue weighted by Gasteiger charge is -2.23. The van der Waals surface area contributed by atoms with Gasteiger partial charge in [0.2, 0.25) is 0 Å². The van der Waals surface area contributed by atoms with Crippen LogP contribution in [0.25, 0.3) is 0 Å². The minimum Gasteiger partial charge on any atom is -0.365 e. The maximum Gasteiger partial charge on any atom is 0.266 e. The van der Waals surface area contributed by atoms with E-state index in [2.05, 4.69) is 0 Å².